The highest BCUT2D eigenvalue weighted by molar-refractivity contribution is 9.10. The molecule has 1 aliphatic rings. The quantitative estimate of drug-likeness (QED) is 0.427. The van der Waals surface area contributed by atoms with Crippen molar-refractivity contribution >= 4 is 27.1 Å². The van der Waals surface area contributed by atoms with Crippen molar-refractivity contribution in [1.82, 2.24) is 0 Å². The zero-order valence-electron chi connectivity index (χ0n) is 15.0. The van der Waals surface area contributed by atoms with E-state index >= 15 is 0 Å². The van der Waals surface area contributed by atoms with Crippen LogP contribution in [0.3, 0.4) is 0 Å². The second-order valence-corrected chi connectivity index (χ2v) is 7.74. The molecule has 0 saturated carbocycles. The van der Waals surface area contributed by atoms with Gasteiger partial charge in [-0.15, -0.1) is 0 Å². The van der Waals surface area contributed by atoms with E-state index in [1.54, 1.807) is 0 Å². The summed E-state index contributed by atoms with van der Waals surface area (Å²) in [4.78, 5) is 0. The molecule has 0 bridgehead atoms. The van der Waals surface area contributed by atoms with E-state index in [1.165, 1.54) is 39.0 Å². The summed E-state index contributed by atoms with van der Waals surface area (Å²) in [5.41, 5.74) is 9.34. The van der Waals surface area contributed by atoms with E-state index in [1.807, 2.05) is 0 Å². The molecule has 0 heterocycles. The first-order valence-electron chi connectivity index (χ1n) is 8.98. The molecule has 4 rings (SSSR count). The van der Waals surface area contributed by atoms with Crippen LogP contribution in [0.15, 0.2) is 95.0 Å². The summed E-state index contributed by atoms with van der Waals surface area (Å²) in [5.74, 6) is 0.393. The lowest BCUT2D eigenvalue weighted by molar-refractivity contribution is 0.946. The van der Waals surface area contributed by atoms with E-state index < -0.39 is 0 Å². The van der Waals surface area contributed by atoms with Gasteiger partial charge < -0.3 is 0 Å². The van der Waals surface area contributed by atoms with E-state index in [2.05, 4.69) is 115 Å². The zero-order valence-corrected chi connectivity index (χ0v) is 16.6. The van der Waals surface area contributed by atoms with E-state index in [4.69, 9.17) is 0 Å². The van der Waals surface area contributed by atoms with Gasteiger partial charge in [-0.1, -0.05) is 89.6 Å². The van der Waals surface area contributed by atoms with E-state index in [0.717, 1.165) is 4.47 Å². The van der Waals surface area contributed by atoms with Gasteiger partial charge in [-0.2, -0.15) is 0 Å². The van der Waals surface area contributed by atoms with E-state index in [-0.39, 0.29) is 0 Å². The Hall–Kier alpha value is -2.38. The molecule has 0 saturated heterocycles. The van der Waals surface area contributed by atoms with E-state index in [9.17, 15) is 0 Å². The van der Waals surface area contributed by atoms with Crippen molar-refractivity contribution in [3.05, 3.63) is 117 Å². The number of benzene rings is 3. The first-order valence-corrected chi connectivity index (χ1v) is 9.77. The lowest BCUT2D eigenvalue weighted by atomic mass is 9.91. The zero-order chi connectivity index (χ0) is 18.1. The van der Waals surface area contributed by atoms with Crippen LogP contribution in [0.5, 0.6) is 0 Å². The largest absolute Gasteiger partial charge is 0.0622 e. The molecule has 0 aliphatic heterocycles. The number of fused-ring (bicyclic) bond motifs is 1. The van der Waals surface area contributed by atoms with Crippen molar-refractivity contribution in [3.8, 4) is 0 Å². The molecule has 0 fully saturated rings. The fraction of sp³-hybridized carbons (Fsp3) is 0.120. The maximum Gasteiger partial charge on any atom is 0.0178 e. The van der Waals surface area contributed by atoms with Crippen molar-refractivity contribution < 1.29 is 0 Å². The van der Waals surface area contributed by atoms with E-state index in [0.29, 0.717) is 5.92 Å². The molecule has 0 radical (unpaired) electrons. The standard InChI is InChI=1S/C25H21Br/c1-17-22-14-13-21(26)15-24(22)18(2)23(17)16-25(19-9-5-3-6-10-19)20-11-7-4-8-12-20/h3-16,18H,1-2H3. The number of rotatable bonds is 3. The first-order chi connectivity index (χ1) is 12.6. The normalized spacial score (nSPS) is 15.7. The van der Waals surface area contributed by atoms with Gasteiger partial charge >= 0.3 is 0 Å². The third-order valence-corrected chi connectivity index (χ3v) is 5.75. The molecule has 0 nitrogen and oxygen atoms in total. The van der Waals surface area contributed by atoms with Crippen molar-refractivity contribution in [2.45, 2.75) is 19.8 Å². The third-order valence-electron chi connectivity index (χ3n) is 5.25. The minimum absolute atomic E-state index is 0.393. The maximum atomic E-state index is 3.62. The molecule has 1 atom stereocenters. The van der Waals surface area contributed by atoms with Gasteiger partial charge in [0, 0.05) is 10.4 Å². The molecule has 26 heavy (non-hydrogen) atoms. The Morgan fingerprint density at radius 3 is 2.00 bits per heavy atom. The molecule has 1 aliphatic carbocycles. The fourth-order valence-electron chi connectivity index (χ4n) is 3.84. The van der Waals surface area contributed by atoms with Gasteiger partial charge in [0.15, 0.2) is 0 Å². The number of allylic oxidation sites excluding steroid dienone is 3. The summed E-state index contributed by atoms with van der Waals surface area (Å²) in [6.45, 7) is 4.55. The number of hydrogen-bond acceptors (Lipinski definition) is 0. The summed E-state index contributed by atoms with van der Waals surface area (Å²) in [5, 5.41) is 0. The second-order valence-electron chi connectivity index (χ2n) is 6.82. The SMILES string of the molecule is CC1=C(C=C(c2ccccc2)c2ccccc2)C(C)c2cc(Br)ccc21. The van der Waals surface area contributed by atoms with Crippen LogP contribution in [0.25, 0.3) is 11.1 Å². The second kappa shape index (κ2) is 7.09. The Morgan fingerprint density at radius 1 is 0.846 bits per heavy atom. The van der Waals surface area contributed by atoms with Gasteiger partial charge in [0.05, 0.1) is 0 Å². The first kappa shape index (κ1) is 17.1. The van der Waals surface area contributed by atoms with Crippen LogP contribution in [-0.2, 0) is 0 Å². The Labute approximate surface area is 164 Å². The van der Waals surface area contributed by atoms with Gasteiger partial charge in [-0.3, -0.25) is 0 Å². The van der Waals surface area contributed by atoms with Gasteiger partial charge in [-0.05, 0) is 64.1 Å². The summed E-state index contributed by atoms with van der Waals surface area (Å²) < 4.78 is 1.15. The van der Waals surface area contributed by atoms with Crippen molar-refractivity contribution in [1.29, 1.82) is 0 Å². The van der Waals surface area contributed by atoms with Crippen LogP contribution in [0.4, 0.5) is 0 Å². The molecule has 0 aromatic heterocycles. The topological polar surface area (TPSA) is 0 Å². The summed E-state index contributed by atoms with van der Waals surface area (Å²) >= 11 is 3.62. The molecule has 0 amide bonds. The highest BCUT2D eigenvalue weighted by atomic mass is 79.9. The van der Waals surface area contributed by atoms with Gasteiger partial charge in [0.25, 0.3) is 0 Å². The molecule has 0 spiro atoms. The molecule has 1 unspecified atom stereocenters. The predicted molar refractivity (Wildman–Crippen MR) is 115 cm³/mol. The van der Waals surface area contributed by atoms with Crippen molar-refractivity contribution in [2.24, 2.45) is 0 Å². The molecular formula is C25H21Br. The van der Waals surface area contributed by atoms with Crippen LogP contribution < -0.4 is 0 Å². The molecule has 3 aromatic carbocycles. The summed E-state index contributed by atoms with van der Waals surface area (Å²) in [6, 6.07) is 28.0. The lowest BCUT2D eigenvalue weighted by Crippen LogP contribution is -1.94. The number of hydrogen-bond donors (Lipinski definition) is 0. The van der Waals surface area contributed by atoms with Crippen LogP contribution in [0.2, 0.25) is 0 Å². The third kappa shape index (κ3) is 3.08. The monoisotopic (exact) mass is 400 g/mol. The Bertz CT molecular complexity index is 953. The molecular weight excluding hydrogens is 380 g/mol. The Balaban J connectivity index is 1.87. The minimum atomic E-state index is 0.393. The van der Waals surface area contributed by atoms with Gasteiger partial charge in [-0.25, -0.2) is 0 Å². The van der Waals surface area contributed by atoms with Gasteiger partial charge in [0.1, 0.15) is 0 Å². The van der Waals surface area contributed by atoms with Crippen LogP contribution >= 0.6 is 15.9 Å². The van der Waals surface area contributed by atoms with Crippen molar-refractivity contribution in [3.63, 3.8) is 0 Å². The van der Waals surface area contributed by atoms with Crippen LogP contribution in [-0.4, -0.2) is 0 Å². The Kier molecular flexibility index (Phi) is 4.65. The average molecular weight is 401 g/mol. The van der Waals surface area contributed by atoms with Crippen LogP contribution in [0.1, 0.15) is 42.0 Å². The summed E-state index contributed by atoms with van der Waals surface area (Å²) in [6.07, 6.45) is 2.39. The minimum Gasteiger partial charge on any atom is -0.0622 e. The van der Waals surface area contributed by atoms with Crippen LogP contribution in [0, 0.1) is 0 Å². The lowest BCUT2D eigenvalue weighted by Gasteiger charge is -2.13. The summed E-state index contributed by atoms with van der Waals surface area (Å²) in [7, 11) is 0. The smallest absolute Gasteiger partial charge is 0.0178 e. The molecule has 3 aromatic rings. The average Bonchev–Trinajstić information content (AvgIpc) is 2.91. The Morgan fingerprint density at radius 2 is 1.42 bits per heavy atom. The highest BCUT2D eigenvalue weighted by Gasteiger charge is 2.25. The molecule has 1 heteroatoms. The fourth-order valence-corrected chi connectivity index (χ4v) is 4.22. The number of halogens is 1. The maximum absolute atomic E-state index is 3.62. The molecule has 128 valence electrons. The predicted octanol–water partition coefficient (Wildman–Crippen LogP) is 7.47. The van der Waals surface area contributed by atoms with Crippen molar-refractivity contribution in [2.75, 3.05) is 0 Å². The van der Waals surface area contributed by atoms with Gasteiger partial charge in [0.2, 0.25) is 0 Å². The molecule has 0 N–H and O–H groups in total. The highest BCUT2D eigenvalue weighted by Crippen LogP contribution is 2.44.